The van der Waals surface area contributed by atoms with Crippen LogP contribution in [-0.2, 0) is 6.42 Å². The molecule has 20 heavy (non-hydrogen) atoms. The molecule has 1 saturated heterocycles. The van der Waals surface area contributed by atoms with Gasteiger partial charge in [0.2, 0.25) is 0 Å². The Kier molecular flexibility index (Phi) is 4.48. The summed E-state index contributed by atoms with van der Waals surface area (Å²) in [6.45, 7) is 11.4. The van der Waals surface area contributed by atoms with Gasteiger partial charge in [0.25, 0.3) is 0 Å². The Bertz CT molecular complexity index is 443. The summed E-state index contributed by atoms with van der Waals surface area (Å²) in [4.78, 5) is 6.54. The molecule has 1 aromatic heterocycles. The zero-order valence-corrected chi connectivity index (χ0v) is 13.2. The molecule has 0 aliphatic carbocycles. The van der Waals surface area contributed by atoms with Gasteiger partial charge in [-0.25, -0.2) is 4.39 Å². The van der Waals surface area contributed by atoms with Crippen molar-refractivity contribution in [1.82, 2.24) is 9.88 Å². The fraction of sp³-hybridized carbons (Fsp3) is 0.706. The van der Waals surface area contributed by atoms with E-state index in [1.165, 1.54) is 19.0 Å². The summed E-state index contributed by atoms with van der Waals surface area (Å²) < 4.78 is 13.3. The minimum absolute atomic E-state index is 0.221. The first kappa shape index (κ1) is 15.4. The van der Waals surface area contributed by atoms with Crippen LogP contribution in [0.15, 0.2) is 18.5 Å². The standard InChI is InChI=1S/C17H27FN2/c1-5-17(11-14-10-15(18)13-19-12-14)6-8-20(9-7-17)16(2,3)4/h10,12-13H,5-9,11H2,1-4H3. The summed E-state index contributed by atoms with van der Waals surface area (Å²) in [6, 6.07) is 1.64. The van der Waals surface area contributed by atoms with E-state index in [4.69, 9.17) is 0 Å². The highest BCUT2D eigenvalue weighted by Crippen LogP contribution is 2.39. The van der Waals surface area contributed by atoms with E-state index >= 15 is 0 Å². The van der Waals surface area contributed by atoms with Crippen molar-refractivity contribution in [3.63, 3.8) is 0 Å². The van der Waals surface area contributed by atoms with Crippen LogP contribution < -0.4 is 0 Å². The van der Waals surface area contributed by atoms with Crippen LogP contribution in [0.3, 0.4) is 0 Å². The maximum atomic E-state index is 13.3. The molecule has 0 unspecified atom stereocenters. The van der Waals surface area contributed by atoms with Crippen LogP contribution in [-0.4, -0.2) is 28.5 Å². The van der Waals surface area contributed by atoms with Gasteiger partial charge in [0.1, 0.15) is 5.82 Å². The van der Waals surface area contributed by atoms with Gasteiger partial charge in [-0.1, -0.05) is 13.3 Å². The third-order valence-corrected chi connectivity index (χ3v) is 4.86. The normalized spacial score (nSPS) is 20.1. The fourth-order valence-corrected chi connectivity index (χ4v) is 3.29. The number of hydrogen-bond donors (Lipinski definition) is 0. The van der Waals surface area contributed by atoms with Gasteiger partial charge >= 0.3 is 0 Å². The van der Waals surface area contributed by atoms with Crippen LogP contribution in [0.5, 0.6) is 0 Å². The number of pyridine rings is 1. The van der Waals surface area contributed by atoms with Crippen molar-refractivity contribution in [1.29, 1.82) is 0 Å². The quantitative estimate of drug-likeness (QED) is 0.829. The molecule has 0 spiro atoms. The number of nitrogens with zero attached hydrogens (tertiary/aromatic N) is 2. The zero-order chi connectivity index (χ0) is 14.8. The van der Waals surface area contributed by atoms with Crippen LogP contribution in [0.4, 0.5) is 4.39 Å². The lowest BCUT2D eigenvalue weighted by Gasteiger charge is -2.46. The van der Waals surface area contributed by atoms with Gasteiger partial charge < -0.3 is 0 Å². The number of piperidine rings is 1. The lowest BCUT2D eigenvalue weighted by Crippen LogP contribution is -2.49. The smallest absolute Gasteiger partial charge is 0.141 e. The molecule has 0 atom stereocenters. The van der Waals surface area contributed by atoms with Gasteiger partial charge in [-0.3, -0.25) is 9.88 Å². The highest BCUT2D eigenvalue weighted by atomic mass is 19.1. The molecule has 1 fully saturated rings. The molecule has 0 saturated carbocycles. The van der Waals surface area contributed by atoms with Gasteiger partial charge in [-0.2, -0.15) is 0 Å². The second-order valence-electron chi connectivity index (χ2n) is 7.20. The van der Waals surface area contributed by atoms with Crippen LogP contribution in [0.25, 0.3) is 0 Å². The molecule has 1 aliphatic rings. The number of hydrogen-bond acceptors (Lipinski definition) is 2. The van der Waals surface area contributed by atoms with Gasteiger partial charge in [0.15, 0.2) is 0 Å². The molecule has 0 aromatic carbocycles. The van der Waals surface area contributed by atoms with Crippen LogP contribution in [0, 0.1) is 11.2 Å². The van der Waals surface area contributed by atoms with Crippen molar-refractivity contribution < 1.29 is 4.39 Å². The predicted octanol–water partition coefficient (Wildman–Crippen LogP) is 4.05. The average molecular weight is 278 g/mol. The van der Waals surface area contributed by atoms with Crippen molar-refractivity contribution in [3.05, 3.63) is 29.8 Å². The van der Waals surface area contributed by atoms with Crippen LogP contribution in [0.2, 0.25) is 0 Å². The predicted molar refractivity (Wildman–Crippen MR) is 81.2 cm³/mol. The van der Waals surface area contributed by atoms with E-state index in [1.54, 1.807) is 6.07 Å². The molecule has 0 radical (unpaired) electrons. The lowest BCUT2D eigenvalue weighted by molar-refractivity contribution is 0.0401. The molecular formula is C17H27FN2. The van der Waals surface area contributed by atoms with Gasteiger partial charge in [-0.05, 0) is 70.2 Å². The van der Waals surface area contributed by atoms with E-state index in [9.17, 15) is 4.39 Å². The third kappa shape index (κ3) is 3.57. The highest BCUT2D eigenvalue weighted by molar-refractivity contribution is 5.13. The number of rotatable bonds is 3. The Morgan fingerprint density at radius 2 is 1.90 bits per heavy atom. The first-order chi connectivity index (χ1) is 9.35. The van der Waals surface area contributed by atoms with Crippen molar-refractivity contribution >= 4 is 0 Å². The molecular weight excluding hydrogens is 251 g/mol. The summed E-state index contributed by atoms with van der Waals surface area (Å²) in [5.74, 6) is -0.221. The maximum Gasteiger partial charge on any atom is 0.141 e. The minimum Gasteiger partial charge on any atom is -0.298 e. The summed E-state index contributed by atoms with van der Waals surface area (Å²) in [5.41, 5.74) is 1.61. The number of likely N-dealkylation sites (tertiary alicyclic amines) is 1. The third-order valence-electron chi connectivity index (χ3n) is 4.86. The SMILES string of the molecule is CCC1(Cc2cncc(F)c2)CCN(C(C)(C)C)CC1. The lowest BCUT2D eigenvalue weighted by atomic mass is 9.71. The molecule has 2 rings (SSSR count). The average Bonchev–Trinajstić information content (AvgIpc) is 2.38. The van der Waals surface area contributed by atoms with E-state index < -0.39 is 0 Å². The monoisotopic (exact) mass is 278 g/mol. The Labute approximate surface area is 122 Å². The molecule has 112 valence electrons. The Morgan fingerprint density at radius 3 is 2.40 bits per heavy atom. The molecule has 0 N–H and O–H groups in total. The second kappa shape index (κ2) is 5.80. The molecule has 2 heterocycles. The Balaban J connectivity index is 2.05. The highest BCUT2D eigenvalue weighted by Gasteiger charge is 2.36. The summed E-state index contributed by atoms with van der Waals surface area (Å²) in [5, 5.41) is 0. The second-order valence-corrected chi connectivity index (χ2v) is 7.20. The van der Waals surface area contributed by atoms with Crippen molar-refractivity contribution in [2.75, 3.05) is 13.1 Å². The number of halogens is 1. The minimum atomic E-state index is -0.221. The van der Waals surface area contributed by atoms with Gasteiger partial charge in [0, 0.05) is 11.7 Å². The van der Waals surface area contributed by atoms with E-state index in [1.807, 2.05) is 6.20 Å². The Morgan fingerprint density at radius 1 is 1.25 bits per heavy atom. The maximum absolute atomic E-state index is 13.3. The first-order valence-corrected chi connectivity index (χ1v) is 7.69. The zero-order valence-electron chi connectivity index (χ0n) is 13.2. The molecule has 3 heteroatoms. The van der Waals surface area contributed by atoms with Crippen molar-refractivity contribution in [2.45, 2.75) is 58.9 Å². The van der Waals surface area contributed by atoms with E-state index in [0.717, 1.165) is 31.5 Å². The summed E-state index contributed by atoms with van der Waals surface area (Å²) in [6.07, 6.45) is 7.59. The van der Waals surface area contributed by atoms with Crippen molar-refractivity contribution in [2.24, 2.45) is 5.41 Å². The molecule has 2 nitrogen and oxygen atoms in total. The summed E-state index contributed by atoms with van der Waals surface area (Å²) in [7, 11) is 0. The van der Waals surface area contributed by atoms with Crippen molar-refractivity contribution in [3.8, 4) is 0 Å². The topological polar surface area (TPSA) is 16.1 Å². The molecule has 0 bridgehead atoms. The molecule has 1 aromatic rings. The first-order valence-electron chi connectivity index (χ1n) is 7.69. The van der Waals surface area contributed by atoms with Crippen LogP contribution in [0.1, 0.15) is 52.5 Å². The van der Waals surface area contributed by atoms with E-state index in [0.29, 0.717) is 5.41 Å². The van der Waals surface area contributed by atoms with Gasteiger partial charge in [0.05, 0.1) is 6.20 Å². The number of aromatic nitrogens is 1. The summed E-state index contributed by atoms with van der Waals surface area (Å²) >= 11 is 0. The Hall–Kier alpha value is -0.960. The largest absolute Gasteiger partial charge is 0.298 e. The molecule has 1 aliphatic heterocycles. The van der Waals surface area contributed by atoms with E-state index in [2.05, 4.69) is 37.6 Å². The van der Waals surface area contributed by atoms with Crippen LogP contribution >= 0.6 is 0 Å². The fourth-order valence-electron chi connectivity index (χ4n) is 3.29. The molecule has 0 amide bonds. The van der Waals surface area contributed by atoms with Gasteiger partial charge in [-0.15, -0.1) is 0 Å². The van der Waals surface area contributed by atoms with E-state index in [-0.39, 0.29) is 11.4 Å².